The summed E-state index contributed by atoms with van der Waals surface area (Å²) in [4.78, 5) is 11.5. The minimum Gasteiger partial charge on any atom is -0.495 e. The maximum atomic E-state index is 13.7. The molecule has 0 aliphatic carbocycles. The van der Waals surface area contributed by atoms with E-state index in [4.69, 9.17) is 4.74 Å². The summed E-state index contributed by atoms with van der Waals surface area (Å²) in [6.45, 7) is 1.84. The molecule has 7 nitrogen and oxygen atoms in total. The number of benzene rings is 1. The summed E-state index contributed by atoms with van der Waals surface area (Å²) in [7, 11) is -0.453. The van der Waals surface area contributed by atoms with E-state index in [-0.39, 0.29) is 22.6 Å². The van der Waals surface area contributed by atoms with E-state index in [9.17, 15) is 13.2 Å². The molecule has 0 spiro atoms. The van der Waals surface area contributed by atoms with E-state index >= 15 is 0 Å². The first-order chi connectivity index (χ1) is 13.3. The van der Waals surface area contributed by atoms with Gasteiger partial charge in [-0.3, -0.25) is 4.79 Å². The second-order valence-corrected chi connectivity index (χ2v) is 8.93. The van der Waals surface area contributed by atoms with E-state index in [1.54, 1.807) is 16.4 Å². The highest BCUT2D eigenvalue weighted by molar-refractivity contribution is 7.89. The van der Waals surface area contributed by atoms with Gasteiger partial charge >= 0.3 is 0 Å². The Labute approximate surface area is 166 Å². The molecule has 2 heterocycles. The predicted octanol–water partition coefficient (Wildman–Crippen LogP) is 3.30. The fourth-order valence-electron chi connectivity index (χ4n) is 3.77. The lowest BCUT2D eigenvalue weighted by Crippen LogP contribution is -2.35. The molecule has 1 aromatic carbocycles. The lowest BCUT2D eigenvalue weighted by molar-refractivity contribution is -0.114. The first-order valence-electron chi connectivity index (χ1n) is 9.43. The number of rotatable bonds is 5. The van der Waals surface area contributed by atoms with Gasteiger partial charge in [0.1, 0.15) is 10.6 Å². The fraction of sp³-hybridized carbons (Fsp3) is 0.450. The number of ether oxygens (including phenoxy) is 1. The van der Waals surface area contributed by atoms with Crippen molar-refractivity contribution in [3.8, 4) is 5.75 Å². The molecular formula is C20H27N3O4S. The molecule has 1 fully saturated rings. The molecule has 1 aliphatic rings. The SMILES string of the molecule is COc1ccc(NC(C)=O)cc1S(=O)(=O)N1CCCCCC1c1cccn1C. The van der Waals surface area contributed by atoms with Crippen molar-refractivity contribution in [2.24, 2.45) is 7.05 Å². The number of nitrogens with zero attached hydrogens (tertiary/aromatic N) is 2. The van der Waals surface area contributed by atoms with Crippen molar-refractivity contribution in [1.82, 2.24) is 8.87 Å². The molecule has 2 aromatic rings. The molecule has 28 heavy (non-hydrogen) atoms. The van der Waals surface area contributed by atoms with E-state index < -0.39 is 10.0 Å². The zero-order valence-electron chi connectivity index (χ0n) is 16.5. The summed E-state index contributed by atoms with van der Waals surface area (Å²) in [6.07, 6.45) is 5.49. The Balaban J connectivity index is 2.08. The number of carbonyl (C=O) groups excluding carboxylic acids is 1. The Hall–Kier alpha value is -2.32. The second-order valence-electron chi connectivity index (χ2n) is 7.07. The van der Waals surface area contributed by atoms with Crippen molar-refractivity contribution < 1.29 is 17.9 Å². The highest BCUT2D eigenvalue weighted by Gasteiger charge is 2.36. The van der Waals surface area contributed by atoms with Crippen LogP contribution in [0.15, 0.2) is 41.4 Å². The van der Waals surface area contributed by atoms with E-state index in [0.29, 0.717) is 12.2 Å². The molecule has 8 heteroatoms. The number of anilines is 1. The molecule has 1 saturated heterocycles. The topological polar surface area (TPSA) is 80.6 Å². The Morgan fingerprint density at radius 1 is 1.21 bits per heavy atom. The van der Waals surface area contributed by atoms with Crippen LogP contribution in [0.1, 0.15) is 44.3 Å². The third kappa shape index (κ3) is 4.07. The summed E-state index contributed by atoms with van der Waals surface area (Å²) < 4.78 is 36.3. The third-order valence-corrected chi connectivity index (χ3v) is 7.03. The van der Waals surface area contributed by atoms with Gasteiger partial charge in [-0.1, -0.05) is 12.8 Å². The Bertz CT molecular complexity index is 952. The van der Waals surface area contributed by atoms with Crippen LogP contribution in [-0.2, 0) is 21.9 Å². The van der Waals surface area contributed by atoms with Crippen molar-refractivity contribution in [3.63, 3.8) is 0 Å². The summed E-state index contributed by atoms with van der Waals surface area (Å²) >= 11 is 0. The lowest BCUT2D eigenvalue weighted by atomic mass is 10.1. The summed E-state index contributed by atoms with van der Waals surface area (Å²) in [5.74, 6) is 0.00829. The van der Waals surface area contributed by atoms with Crippen LogP contribution in [0.3, 0.4) is 0 Å². The third-order valence-electron chi connectivity index (χ3n) is 5.10. The van der Waals surface area contributed by atoms with Crippen LogP contribution >= 0.6 is 0 Å². The zero-order valence-corrected chi connectivity index (χ0v) is 17.3. The van der Waals surface area contributed by atoms with Crippen LogP contribution in [0, 0.1) is 0 Å². The maximum absolute atomic E-state index is 13.7. The van der Waals surface area contributed by atoms with Gasteiger partial charge in [-0.2, -0.15) is 4.31 Å². The van der Waals surface area contributed by atoms with Crippen molar-refractivity contribution in [3.05, 3.63) is 42.2 Å². The number of nitrogens with one attached hydrogen (secondary N) is 1. The Morgan fingerprint density at radius 3 is 2.64 bits per heavy atom. The quantitative estimate of drug-likeness (QED) is 0.828. The number of hydrogen-bond acceptors (Lipinski definition) is 4. The minimum absolute atomic E-state index is 0.0716. The normalized spacial score (nSPS) is 18.5. The molecule has 0 saturated carbocycles. The van der Waals surface area contributed by atoms with Gasteiger partial charge in [0.2, 0.25) is 15.9 Å². The highest BCUT2D eigenvalue weighted by Crippen LogP contribution is 2.38. The van der Waals surface area contributed by atoms with Crippen molar-refractivity contribution in [2.75, 3.05) is 19.0 Å². The van der Waals surface area contributed by atoms with E-state index in [1.807, 2.05) is 29.9 Å². The average molecular weight is 406 g/mol. The number of hydrogen-bond donors (Lipinski definition) is 1. The first-order valence-corrected chi connectivity index (χ1v) is 10.9. The number of aryl methyl sites for hydroxylation is 1. The molecule has 1 unspecified atom stereocenters. The summed E-state index contributed by atoms with van der Waals surface area (Å²) in [6, 6.07) is 8.36. The van der Waals surface area contributed by atoms with E-state index in [0.717, 1.165) is 31.4 Å². The van der Waals surface area contributed by atoms with Crippen LogP contribution in [-0.4, -0.2) is 36.9 Å². The predicted molar refractivity (Wildman–Crippen MR) is 108 cm³/mol. The van der Waals surface area contributed by atoms with Crippen LogP contribution < -0.4 is 10.1 Å². The largest absolute Gasteiger partial charge is 0.495 e. The molecule has 1 N–H and O–H groups in total. The number of amides is 1. The fourth-order valence-corrected chi connectivity index (χ4v) is 5.62. The molecule has 0 radical (unpaired) electrons. The molecular weight excluding hydrogens is 378 g/mol. The van der Waals surface area contributed by atoms with E-state index in [1.165, 1.54) is 20.1 Å². The minimum atomic E-state index is -3.83. The van der Waals surface area contributed by atoms with Gasteiger partial charge in [0, 0.05) is 38.1 Å². The molecule has 1 atom stereocenters. The molecule has 1 aliphatic heterocycles. The summed E-state index contributed by atoms with van der Waals surface area (Å²) in [5.41, 5.74) is 1.40. The molecule has 152 valence electrons. The van der Waals surface area contributed by atoms with Gasteiger partial charge in [0.15, 0.2) is 0 Å². The number of methoxy groups -OCH3 is 1. The van der Waals surface area contributed by atoms with Crippen LogP contribution in [0.2, 0.25) is 0 Å². The molecule has 1 amide bonds. The standard InChI is InChI=1S/C20H27N3O4S/c1-15(24)21-16-10-11-19(27-3)20(14-16)28(25,26)23-13-6-4-5-8-18(23)17-9-7-12-22(17)2/h7,9-12,14,18H,4-6,8,13H2,1-3H3,(H,21,24). The van der Waals surface area contributed by atoms with Crippen molar-refractivity contribution in [1.29, 1.82) is 0 Å². The van der Waals surface area contributed by atoms with Gasteiger partial charge in [0.05, 0.1) is 13.2 Å². The highest BCUT2D eigenvalue weighted by atomic mass is 32.2. The van der Waals surface area contributed by atoms with Gasteiger partial charge in [0.25, 0.3) is 0 Å². The van der Waals surface area contributed by atoms with Crippen LogP contribution in [0.5, 0.6) is 5.75 Å². The number of aromatic nitrogens is 1. The van der Waals surface area contributed by atoms with E-state index in [2.05, 4.69) is 5.32 Å². The Morgan fingerprint density at radius 2 is 2.00 bits per heavy atom. The van der Waals surface area contributed by atoms with Crippen LogP contribution in [0.4, 0.5) is 5.69 Å². The second kappa shape index (κ2) is 8.36. The molecule has 1 aromatic heterocycles. The van der Waals surface area contributed by atoms with Crippen LogP contribution in [0.25, 0.3) is 0 Å². The molecule has 0 bridgehead atoms. The number of carbonyl (C=O) groups is 1. The van der Waals surface area contributed by atoms with Gasteiger partial charge in [-0.05, 0) is 43.2 Å². The lowest BCUT2D eigenvalue weighted by Gasteiger charge is -2.30. The summed E-state index contributed by atoms with van der Waals surface area (Å²) in [5, 5.41) is 2.65. The molecule has 3 rings (SSSR count). The average Bonchev–Trinajstić information content (AvgIpc) is 2.92. The zero-order chi connectivity index (χ0) is 20.3. The Kier molecular flexibility index (Phi) is 6.10. The van der Waals surface area contributed by atoms with Crippen molar-refractivity contribution >= 4 is 21.6 Å². The monoisotopic (exact) mass is 405 g/mol. The number of sulfonamides is 1. The van der Waals surface area contributed by atoms with Gasteiger partial charge < -0.3 is 14.6 Å². The smallest absolute Gasteiger partial charge is 0.247 e. The van der Waals surface area contributed by atoms with Crippen molar-refractivity contribution in [2.45, 2.75) is 43.5 Å². The first kappa shape index (κ1) is 20.4. The van der Waals surface area contributed by atoms with Gasteiger partial charge in [-0.15, -0.1) is 0 Å². The maximum Gasteiger partial charge on any atom is 0.247 e. The van der Waals surface area contributed by atoms with Gasteiger partial charge in [-0.25, -0.2) is 8.42 Å².